The van der Waals surface area contributed by atoms with E-state index in [4.69, 9.17) is 0 Å². The van der Waals surface area contributed by atoms with Crippen LogP contribution in [0.5, 0.6) is 0 Å². The molecule has 0 unspecified atom stereocenters. The average molecular weight is 410 g/mol. The molecule has 0 saturated heterocycles. The summed E-state index contributed by atoms with van der Waals surface area (Å²) >= 11 is 0. The van der Waals surface area contributed by atoms with Gasteiger partial charge in [-0.3, -0.25) is 14.5 Å². The fraction of sp³-hybridized carbons (Fsp3) is 0.130. The Kier molecular flexibility index (Phi) is 5.03. The number of halogens is 3. The van der Waals surface area contributed by atoms with Gasteiger partial charge in [0.05, 0.1) is 17.9 Å². The lowest BCUT2D eigenvalue weighted by atomic mass is 10.0. The zero-order valence-corrected chi connectivity index (χ0v) is 16.0. The number of para-hydroxylation sites is 2. The number of fused-ring (bicyclic) bond motifs is 1. The number of carbonyl (C=O) groups is 2. The van der Waals surface area contributed by atoms with E-state index < -0.39 is 35.1 Å². The Morgan fingerprint density at radius 1 is 0.867 bits per heavy atom. The molecule has 1 aliphatic heterocycles. The molecular formula is C23H17F3N2O2. The molecule has 2 amide bonds. The van der Waals surface area contributed by atoms with E-state index in [-0.39, 0.29) is 12.4 Å². The maximum absolute atomic E-state index is 14.2. The molecule has 3 aromatic rings. The Balaban J connectivity index is 1.77. The number of rotatable bonds is 3. The van der Waals surface area contributed by atoms with Crippen LogP contribution in [-0.2, 0) is 11.3 Å². The zero-order chi connectivity index (χ0) is 21.4. The second-order valence-corrected chi connectivity index (χ2v) is 6.99. The standard InChI is InChI=1S/C23H17F3N2O2/c1-14-22(29)27(13-15-9-11-16(24)12-10-15)19-7-2-3-8-20(19)28(14)23(30)21-17(25)5-4-6-18(21)26/h2-12,14H,13H2,1H3/t14-/m1/s1. The number of anilines is 2. The molecule has 1 heterocycles. The number of hydrogen-bond donors (Lipinski definition) is 0. The third kappa shape index (κ3) is 3.32. The maximum atomic E-state index is 14.2. The van der Waals surface area contributed by atoms with E-state index in [1.807, 2.05) is 0 Å². The van der Waals surface area contributed by atoms with Gasteiger partial charge < -0.3 is 4.90 Å². The summed E-state index contributed by atoms with van der Waals surface area (Å²) < 4.78 is 41.7. The van der Waals surface area contributed by atoms with E-state index in [1.54, 1.807) is 36.4 Å². The highest BCUT2D eigenvalue weighted by Gasteiger charge is 2.40. The molecule has 1 aliphatic rings. The minimum absolute atomic E-state index is 0.163. The maximum Gasteiger partial charge on any atom is 0.265 e. The van der Waals surface area contributed by atoms with Crippen LogP contribution in [0.4, 0.5) is 24.5 Å². The first-order valence-corrected chi connectivity index (χ1v) is 9.31. The molecule has 0 saturated carbocycles. The Labute approximate surface area is 171 Å². The van der Waals surface area contributed by atoms with Crippen molar-refractivity contribution < 1.29 is 22.8 Å². The smallest absolute Gasteiger partial charge is 0.265 e. The zero-order valence-electron chi connectivity index (χ0n) is 16.0. The summed E-state index contributed by atoms with van der Waals surface area (Å²) in [6.07, 6.45) is 0. The van der Waals surface area contributed by atoms with Crippen molar-refractivity contribution >= 4 is 23.2 Å². The van der Waals surface area contributed by atoms with Gasteiger partial charge in [-0.15, -0.1) is 0 Å². The highest BCUT2D eigenvalue weighted by atomic mass is 19.1. The van der Waals surface area contributed by atoms with Crippen LogP contribution in [0.25, 0.3) is 0 Å². The highest BCUT2D eigenvalue weighted by Crippen LogP contribution is 2.38. The Bertz CT molecular complexity index is 1110. The van der Waals surface area contributed by atoms with Crippen molar-refractivity contribution in [2.75, 3.05) is 9.80 Å². The third-order valence-corrected chi connectivity index (χ3v) is 5.09. The summed E-state index contributed by atoms with van der Waals surface area (Å²) in [6, 6.07) is 14.6. The minimum atomic E-state index is -0.995. The molecule has 152 valence electrons. The number of hydrogen-bond acceptors (Lipinski definition) is 2. The van der Waals surface area contributed by atoms with Crippen LogP contribution < -0.4 is 9.80 Å². The minimum Gasteiger partial charge on any atom is -0.304 e. The first-order valence-electron chi connectivity index (χ1n) is 9.31. The topological polar surface area (TPSA) is 40.6 Å². The predicted octanol–water partition coefficient (Wildman–Crippen LogP) is 4.69. The lowest BCUT2D eigenvalue weighted by molar-refractivity contribution is -0.119. The van der Waals surface area contributed by atoms with Crippen molar-refractivity contribution in [1.29, 1.82) is 0 Å². The van der Waals surface area contributed by atoms with Crippen LogP contribution in [0, 0.1) is 17.5 Å². The largest absolute Gasteiger partial charge is 0.304 e. The Morgan fingerprint density at radius 2 is 1.47 bits per heavy atom. The molecule has 4 rings (SSSR count). The van der Waals surface area contributed by atoms with Crippen molar-refractivity contribution in [3.63, 3.8) is 0 Å². The summed E-state index contributed by atoms with van der Waals surface area (Å²) in [6.45, 7) is 1.67. The van der Waals surface area contributed by atoms with Gasteiger partial charge in [-0.05, 0) is 48.9 Å². The second-order valence-electron chi connectivity index (χ2n) is 6.99. The fourth-order valence-electron chi connectivity index (χ4n) is 3.60. The van der Waals surface area contributed by atoms with Gasteiger partial charge in [-0.1, -0.05) is 30.3 Å². The first-order chi connectivity index (χ1) is 14.4. The predicted molar refractivity (Wildman–Crippen MR) is 107 cm³/mol. The van der Waals surface area contributed by atoms with E-state index in [2.05, 4.69) is 0 Å². The van der Waals surface area contributed by atoms with Crippen LogP contribution in [-0.4, -0.2) is 17.9 Å². The molecule has 3 aromatic carbocycles. The van der Waals surface area contributed by atoms with Gasteiger partial charge in [0.15, 0.2) is 0 Å². The quantitative estimate of drug-likeness (QED) is 0.629. The van der Waals surface area contributed by atoms with Crippen LogP contribution in [0.2, 0.25) is 0 Å². The molecule has 7 heteroatoms. The van der Waals surface area contributed by atoms with Crippen LogP contribution in [0.3, 0.4) is 0 Å². The monoisotopic (exact) mass is 410 g/mol. The summed E-state index contributed by atoms with van der Waals surface area (Å²) in [4.78, 5) is 28.8. The lowest BCUT2D eigenvalue weighted by Gasteiger charge is -2.40. The molecule has 0 bridgehead atoms. The molecule has 0 aliphatic carbocycles. The number of carbonyl (C=O) groups excluding carboxylic acids is 2. The molecule has 30 heavy (non-hydrogen) atoms. The van der Waals surface area contributed by atoms with E-state index in [0.717, 1.165) is 17.0 Å². The number of amides is 2. The van der Waals surface area contributed by atoms with Gasteiger partial charge in [-0.25, -0.2) is 13.2 Å². The lowest BCUT2D eigenvalue weighted by Crippen LogP contribution is -2.54. The van der Waals surface area contributed by atoms with Crippen LogP contribution >= 0.6 is 0 Å². The first kappa shape index (κ1) is 19.7. The summed E-state index contributed by atoms with van der Waals surface area (Å²) in [5.74, 6) is -3.72. The SMILES string of the molecule is C[C@@H]1C(=O)N(Cc2ccc(F)cc2)c2ccccc2N1C(=O)c1c(F)cccc1F. The van der Waals surface area contributed by atoms with Gasteiger partial charge >= 0.3 is 0 Å². The number of benzene rings is 3. The molecule has 0 spiro atoms. The van der Waals surface area contributed by atoms with Crippen molar-refractivity contribution in [3.05, 3.63) is 95.3 Å². The molecule has 0 radical (unpaired) electrons. The van der Waals surface area contributed by atoms with Crippen LogP contribution in [0.15, 0.2) is 66.7 Å². The molecular weight excluding hydrogens is 393 g/mol. The van der Waals surface area contributed by atoms with Gasteiger partial charge in [0.2, 0.25) is 5.91 Å². The Hall–Kier alpha value is -3.61. The van der Waals surface area contributed by atoms with Crippen LogP contribution in [0.1, 0.15) is 22.8 Å². The van der Waals surface area contributed by atoms with E-state index in [1.165, 1.54) is 30.0 Å². The molecule has 0 N–H and O–H groups in total. The van der Waals surface area contributed by atoms with Gasteiger partial charge in [0, 0.05) is 0 Å². The molecule has 0 aromatic heterocycles. The van der Waals surface area contributed by atoms with Crippen molar-refractivity contribution in [3.8, 4) is 0 Å². The van der Waals surface area contributed by atoms with Gasteiger partial charge in [-0.2, -0.15) is 0 Å². The summed E-state index contributed by atoms with van der Waals surface area (Å²) in [5, 5.41) is 0. The summed E-state index contributed by atoms with van der Waals surface area (Å²) in [7, 11) is 0. The highest BCUT2D eigenvalue weighted by molar-refractivity contribution is 6.17. The molecule has 1 atom stereocenters. The van der Waals surface area contributed by atoms with Crippen molar-refractivity contribution in [2.24, 2.45) is 0 Å². The fourth-order valence-corrected chi connectivity index (χ4v) is 3.60. The second kappa shape index (κ2) is 7.67. The van der Waals surface area contributed by atoms with Crippen molar-refractivity contribution in [1.82, 2.24) is 0 Å². The van der Waals surface area contributed by atoms with E-state index in [0.29, 0.717) is 16.9 Å². The third-order valence-electron chi connectivity index (χ3n) is 5.09. The normalized spacial score (nSPS) is 15.9. The van der Waals surface area contributed by atoms with Gasteiger partial charge in [0.1, 0.15) is 29.1 Å². The number of nitrogens with zero attached hydrogens (tertiary/aromatic N) is 2. The average Bonchev–Trinajstić information content (AvgIpc) is 2.73. The van der Waals surface area contributed by atoms with E-state index >= 15 is 0 Å². The Morgan fingerprint density at radius 3 is 2.10 bits per heavy atom. The van der Waals surface area contributed by atoms with Crippen molar-refractivity contribution in [2.45, 2.75) is 19.5 Å². The summed E-state index contributed by atoms with van der Waals surface area (Å²) in [5.41, 5.74) is 0.778. The molecule has 0 fully saturated rings. The van der Waals surface area contributed by atoms with Gasteiger partial charge in [0.25, 0.3) is 5.91 Å². The molecule has 4 nitrogen and oxygen atoms in total. The van der Waals surface area contributed by atoms with E-state index in [9.17, 15) is 22.8 Å².